The Bertz CT molecular complexity index is 1520. The first-order valence-corrected chi connectivity index (χ1v) is 11.8. The maximum absolute atomic E-state index is 13.6. The molecule has 5 aromatic rings. The van der Waals surface area contributed by atoms with E-state index in [-0.39, 0.29) is 23.3 Å². The van der Waals surface area contributed by atoms with Crippen molar-refractivity contribution in [1.82, 2.24) is 19.7 Å². The summed E-state index contributed by atoms with van der Waals surface area (Å²) >= 11 is 1.22. The van der Waals surface area contributed by atoms with Gasteiger partial charge in [-0.25, -0.2) is 4.39 Å². The standard InChI is InChI=1S/C26H20FN5O2S/c1-16(33)17-6-10-19(11-7-17)29-24(34)15-35-26-31-30-25(32(26)20-12-8-18(27)9-13-20)22-14-28-23-5-3-2-4-21(22)23/h2-14,28H,15H2,1H3,(H,29,34). The molecule has 7 nitrogen and oxygen atoms in total. The van der Waals surface area contributed by atoms with Crippen LogP contribution in [-0.4, -0.2) is 37.2 Å². The van der Waals surface area contributed by atoms with E-state index in [9.17, 15) is 14.0 Å². The minimum absolute atomic E-state index is 0.0374. The van der Waals surface area contributed by atoms with Crippen molar-refractivity contribution < 1.29 is 14.0 Å². The molecule has 35 heavy (non-hydrogen) atoms. The van der Waals surface area contributed by atoms with Crippen molar-refractivity contribution in [2.45, 2.75) is 12.1 Å². The van der Waals surface area contributed by atoms with Gasteiger partial charge in [0.2, 0.25) is 5.91 Å². The molecule has 0 radical (unpaired) electrons. The molecule has 174 valence electrons. The number of carbonyl (C=O) groups is 2. The number of aromatic amines is 1. The average molecular weight is 486 g/mol. The van der Waals surface area contributed by atoms with Gasteiger partial charge in [-0.1, -0.05) is 30.0 Å². The minimum Gasteiger partial charge on any atom is -0.360 e. The molecule has 0 aliphatic heterocycles. The van der Waals surface area contributed by atoms with Gasteiger partial charge in [0.25, 0.3) is 0 Å². The molecule has 0 saturated carbocycles. The van der Waals surface area contributed by atoms with E-state index in [1.165, 1.54) is 30.8 Å². The third-order valence-electron chi connectivity index (χ3n) is 5.46. The number of rotatable bonds is 7. The predicted octanol–water partition coefficient (Wildman–Crippen LogP) is 5.49. The van der Waals surface area contributed by atoms with E-state index in [1.54, 1.807) is 36.4 Å². The van der Waals surface area contributed by atoms with Crippen LogP contribution in [0.1, 0.15) is 17.3 Å². The third-order valence-corrected chi connectivity index (χ3v) is 6.38. The van der Waals surface area contributed by atoms with E-state index in [0.29, 0.717) is 27.9 Å². The highest BCUT2D eigenvalue weighted by Gasteiger charge is 2.20. The van der Waals surface area contributed by atoms with Crippen molar-refractivity contribution in [2.24, 2.45) is 0 Å². The maximum Gasteiger partial charge on any atom is 0.234 e. The molecule has 0 unspecified atom stereocenters. The normalized spacial score (nSPS) is 11.0. The van der Waals surface area contributed by atoms with Crippen LogP contribution in [0.5, 0.6) is 0 Å². The monoisotopic (exact) mass is 485 g/mol. The highest BCUT2D eigenvalue weighted by molar-refractivity contribution is 7.99. The highest BCUT2D eigenvalue weighted by atomic mass is 32.2. The molecule has 3 aromatic carbocycles. The van der Waals surface area contributed by atoms with Gasteiger partial charge in [-0.2, -0.15) is 0 Å². The van der Waals surface area contributed by atoms with Gasteiger partial charge in [-0.15, -0.1) is 10.2 Å². The number of halogens is 1. The number of anilines is 1. The number of amides is 1. The summed E-state index contributed by atoms with van der Waals surface area (Å²) < 4.78 is 15.4. The number of H-pyrrole nitrogens is 1. The van der Waals surface area contributed by atoms with Gasteiger partial charge in [-0.3, -0.25) is 14.2 Å². The van der Waals surface area contributed by atoms with Crippen LogP contribution in [0.3, 0.4) is 0 Å². The number of ketones is 1. The Hall–Kier alpha value is -4.24. The van der Waals surface area contributed by atoms with Crippen LogP contribution >= 0.6 is 11.8 Å². The molecule has 0 bridgehead atoms. The summed E-state index contributed by atoms with van der Waals surface area (Å²) in [5.41, 5.74) is 3.66. The zero-order chi connectivity index (χ0) is 24.4. The SMILES string of the molecule is CC(=O)c1ccc(NC(=O)CSc2nnc(-c3c[nH]c4ccccc34)n2-c2ccc(F)cc2)cc1. The third kappa shape index (κ3) is 4.71. The Balaban J connectivity index is 1.42. The Morgan fingerprint density at radius 2 is 1.74 bits per heavy atom. The van der Waals surface area contributed by atoms with Gasteiger partial charge in [0.05, 0.1) is 5.75 Å². The molecule has 5 rings (SSSR count). The van der Waals surface area contributed by atoms with Crippen LogP contribution in [0.2, 0.25) is 0 Å². The summed E-state index contributed by atoms with van der Waals surface area (Å²) in [5, 5.41) is 13.0. The summed E-state index contributed by atoms with van der Waals surface area (Å²) in [6, 6.07) is 20.6. The molecule has 0 spiro atoms. The quantitative estimate of drug-likeness (QED) is 0.235. The van der Waals surface area contributed by atoms with E-state index in [1.807, 2.05) is 35.0 Å². The molecular weight excluding hydrogens is 465 g/mol. The van der Waals surface area contributed by atoms with Gasteiger partial charge >= 0.3 is 0 Å². The number of para-hydroxylation sites is 1. The highest BCUT2D eigenvalue weighted by Crippen LogP contribution is 2.32. The predicted molar refractivity (Wildman–Crippen MR) is 134 cm³/mol. The zero-order valence-electron chi connectivity index (χ0n) is 18.7. The number of carbonyl (C=O) groups excluding carboxylic acids is 2. The van der Waals surface area contributed by atoms with Crippen molar-refractivity contribution in [3.8, 4) is 17.1 Å². The van der Waals surface area contributed by atoms with Crippen LogP contribution in [0.25, 0.3) is 28.0 Å². The fourth-order valence-electron chi connectivity index (χ4n) is 3.73. The molecule has 9 heteroatoms. The number of Topliss-reactive ketones (excluding diaryl/α,β-unsaturated/α-hetero) is 1. The van der Waals surface area contributed by atoms with Crippen LogP contribution in [0.15, 0.2) is 84.1 Å². The Morgan fingerprint density at radius 1 is 1.00 bits per heavy atom. The van der Waals surface area contributed by atoms with E-state index in [2.05, 4.69) is 20.5 Å². The lowest BCUT2D eigenvalue weighted by Gasteiger charge is -2.10. The molecule has 2 heterocycles. The van der Waals surface area contributed by atoms with Gasteiger partial charge < -0.3 is 10.3 Å². The second kappa shape index (κ2) is 9.55. The van der Waals surface area contributed by atoms with Gasteiger partial charge in [0, 0.05) is 39.6 Å². The lowest BCUT2D eigenvalue weighted by Crippen LogP contribution is -2.14. The van der Waals surface area contributed by atoms with Crippen molar-refractivity contribution in [3.63, 3.8) is 0 Å². The van der Waals surface area contributed by atoms with E-state index < -0.39 is 0 Å². The molecule has 0 aliphatic carbocycles. The van der Waals surface area contributed by atoms with E-state index >= 15 is 0 Å². The lowest BCUT2D eigenvalue weighted by molar-refractivity contribution is -0.113. The summed E-state index contributed by atoms with van der Waals surface area (Å²) in [7, 11) is 0. The number of nitrogens with one attached hydrogen (secondary N) is 2. The minimum atomic E-state index is -0.347. The molecule has 1 amide bonds. The zero-order valence-corrected chi connectivity index (χ0v) is 19.5. The van der Waals surface area contributed by atoms with Crippen LogP contribution < -0.4 is 5.32 Å². The second-order valence-electron chi connectivity index (χ2n) is 7.84. The topological polar surface area (TPSA) is 92.7 Å². The van der Waals surface area contributed by atoms with Gasteiger partial charge in [0.15, 0.2) is 16.8 Å². The number of thioether (sulfide) groups is 1. The summed E-state index contributed by atoms with van der Waals surface area (Å²) in [5.74, 6) is 0.0517. The molecule has 0 aliphatic rings. The first kappa shape index (κ1) is 22.5. The number of aromatic nitrogens is 4. The van der Waals surface area contributed by atoms with Crippen molar-refractivity contribution in [3.05, 3.63) is 90.4 Å². The Morgan fingerprint density at radius 3 is 2.49 bits per heavy atom. The van der Waals surface area contributed by atoms with E-state index in [4.69, 9.17) is 0 Å². The fourth-order valence-corrected chi connectivity index (χ4v) is 4.48. The molecule has 0 fully saturated rings. The van der Waals surface area contributed by atoms with Gasteiger partial charge in [-0.05, 0) is 61.5 Å². The maximum atomic E-state index is 13.6. The summed E-state index contributed by atoms with van der Waals surface area (Å²) in [6.07, 6.45) is 1.86. The van der Waals surface area contributed by atoms with Crippen molar-refractivity contribution >= 4 is 40.0 Å². The van der Waals surface area contributed by atoms with Crippen LogP contribution in [-0.2, 0) is 4.79 Å². The van der Waals surface area contributed by atoms with Gasteiger partial charge in [0.1, 0.15) is 5.82 Å². The number of benzene rings is 3. The van der Waals surface area contributed by atoms with Crippen LogP contribution in [0.4, 0.5) is 10.1 Å². The number of fused-ring (bicyclic) bond motifs is 1. The van der Waals surface area contributed by atoms with E-state index in [0.717, 1.165) is 16.5 Å². The summed E-state index contributed by atoms with van der Waals surface area (Å²) in [6.45, 7) is 1.49. The molecule has 0 atom stereocenters. The molecular formula is C26H20FN5O2S. The molecule has 2 aromatic heterocycles. The average Bonchev–Trinajstić information content (AvgIpc) is 3.47. The largest absolute Gasteiger partial charge is 0.360 e. The first-order valence-electron chi connectivity index (χ1n) is 10.8. The van der Waals surface area contributed by atoms with Crippen molar-refractivity contribution in [1.29, 1.82) is 0 Å². The number of nitrogens with zero attached hydrogens (tertiary/aromatic N) is 3. The second-order valence-corrected chi connectivity index (χ2v) is 8.78. The fraction of sp³-hybridized carbons (Fsp3) is 0.0769. The number of hydrogen-bond donors (Lipinski definition) is 2. The first-order chi connectivity index (χ1) is 17.0. The van der Waals surface area contributed by atoms with Crippen molar-refractivity contribution in [2.75, 3.05) is 11.1 Å². The molecule has 0 saturated heterocycles. The Labute approximate surface area is 204 Å². The number of hydrogen-bond acceptors (Lipinski definition) is 5. The Kier molecular flexibility index (Phi) is 6.15. The lowest BCUT2D eigenvalue weighted by atomic mass is 10.1. The molecule has 2 N–H and O–H groups in total. The smallest absolute Gasteiger partial charge is 0.234 e. The van der Waals surface area contributed by atoms with Crippen LogP contribution in [0, 0.1) is 5.82 Å². The summed E-state index contributed by atoms with van der Waals surface area (Å²) in [4.78, 5) is 27.3.